The number of benzene rings is 1. The molecule has 0 fully saturated rings. The molecule has 104 valence electrons. The molecule has 0 aliphatic carbocycles. The first-order valence-corrected chi connectivity index (χ1v) is 7.51. The molecular weight excluding hydrogens is 306 g/mol. The van der Waals surface area contributed by atoms with Gasteiger partial charge in [0.25, 0.3) is 0 Å². The summed E-state index contributed by atoms with van der Waals surface area (Å²) < 4.78 is 6.36. The highest BCUT2D eigenvalue weighted by Gasteiger charge is 2.19. The predicted molar refractivity (Wildman–Crippen MR) is 83.7 cm³/mol. The third-order valence-corrected chi connectivity index (χ3v) is 4.59. The molecule has 0 radical (unpaired) electrons. The van der Waals surface area contributed by atoms with Crippen molar-refractivity contribution in [1.82, 2.24) is 9.97 Å². The second-order valence-corrected chi connectivity index (χ2v) is 5.57. The summed E-state index contributed by atoms with van der Waals surface area (Å²) in [6.07, 6.45) is 1.37. The molecule has 2 heterocycles. The van der Waals surface area contributed by atoms with Gasteiger partial charge in [0.15, 0.2) is 0 Å². The molecule has 1 aromatic carbocycles. The van der Waals surface area contributed by atoms with Gasteiger partial charge in [-0.1, -0.05) is 23.7 Å². The van der Waals surface area contributed by atoms with Gasteiger partial charge in [-0.15, -0.1) is 11.3 Å². The summed E-state index contributed by atoms with van der Waals surface area (Å²) in [6.45, 7) is 2.49. The van der Waals surface area contributed by atoms with Crippen LogP contribution in [0, 0.1) is 11.3 Å². The van der Waals surface area contributed by atoms with Crippen LogP contribution in [-0.2, 0) is 0 Å². The maximum atomic E-state index is 9.49. The van der Waals surface area contributed by atoms with Crippen molar-refractivity contribution in [2.75, 3.05) is 6.61 Å². The summed E-state index contributed by atoms with van der Waals surface area (Å²) in [6, 6.07) is 9.85. The normalized spacial score (nSPS) is 10.5. The van der Waals surface area contributed by atoms with E-state index in [1.807, 2.05) is 31.2 Å². The van der Waals surface area contributed by atoms with Crippen LogP contribution in [0.2, 0.25) is 5.15 Å². The molecule has 0 aliphatic heterocycles. The Balaban J connectivity index is 2.31. The third kappa shape index (κ3) is 2.33. The first-order valence-electron chi connectivity index (χ1n) is 6.31. The van der Waals surface area contributed by atoms with E-state index in [1.54, 1.807) is 0 Å². The molecule has 0 bridgehead atoms. The molecule has 4 nitrogen and oxygen atoms in total. The molecule has 0 unspecified atom stereocenters. The van der Waals surface area contributed by atoms with Gasteiger partial charge in [-0.2, -0.15) is 5.26 Å². The van der Waals surface area contributed by atoms with Crippen molar-refractivity contribution >= 4 is 33.2 Å². The summed E-state index contributed by atoms with van der Waals surface area (Å²) >= 11 is 7.52. The first kappa shape index (κ1) is 13.8. The average Bonchev–Trinajstić information content (AvgIpc) is 2.88. The highest BCUT2D eigenvalue weighted by Crippen LogP contribution is 2.42. The van der Waals surface area contributed by atoms with Crippen molar-refractivity contribution < 1.29 is 4.74 Å². The molecule has 0 saturated carbocycles. The second kappa shape index (κ2) is 5.68. The van der Waals surface area contributed by atoms with E-state index in [2.05, 4.69) is 16.0 Å². The Hall–Kier alpha value is -2.16. The molecule has 0 spiro atoms. The van der Waals surface area contributed by atoms with Crippen LogP contribution in [0.5, 0.6) is 5.75 Å². The average molecular weight is 316 g/mol. The molecule has 0 saturated heterocycles. The van der Waals surface area contributed by atoms with Gasteiger partial charge in [-0.3, -0.25) is 0 Å². The van der Waals surface area contributed by atoms with Crippen LogP contribution in [0.1, 0.15) is 12.5 Å². The van der Waals surface area contributed by atoms with Gasteiger partial charge in [0, 0.05) is 5.56 Å². The van der Waals surface area contributed by atoms with Crippen molar-refractivity contribution in [2.45, 2.75) is 6.92 Å². The van der Waals surface area contributed by atoms with Gasteiger partial charge in [-0.05, 0) is 19.1 Å². The lowest BCUT2D eigenvalue weighted by molar-refractivity contribution is 0.341. The first-order chi connectivity index (χ1) is 10.3. The standard InChI is InChI=1S/C15H10ClN3OS/c1-2-20-11-6-4-3-5-9(11)13-10(7-17)12-14(21-13)15(16)19-8-18-12/h3-6,8H,2H2,1H3. The second-order valence-electron chi connectivity index (χ2n) is 4.19. The summed E-state index contributed by atoms with van der Waals surface area (Å²) in [5.41, 5.74) is 1.96. The van der Waals surface area contributed by atoms with Gasteiger partial charge in [0.05, 0.1) is 21.7 Å². The minimum Gasteiger partial charge on any atom is -0.493 e. The van der Waals surface area contributed by atoms with Crippen molar-refractivity contribution in [2.24, 2.45) is 0 Å². The Labute approximate surface area is 130 Å². The van der Waals surface area contributed by atoms with E-state index in [4.69, 9.17) is 16.3 Å². The van der Waals surface area contributed by atoms with Gasteiger partial charge < -0.3 is 4.74 Å². The number of halogens is 1. The molecule has 0 atom stereocenters. The van der Waals surface area contributed by atoms with Crippen LogP contribution < -0.4 is 4.74 Å². The number of fused-ring (bicyclic) bond motifs is 1. The van der Waals surface area contributed by atoms with Crippen molar-refractivity contribution in [1.29, 1.82) is 5.26 Å². The number of para-hydroxylation sites is 1. The molecule has 0 amide bonds. The zero-order valence-corrected chi connectivity index (χ0v) is 12.7. The summed E-state index contributed by atoms with van der Waals surface area (Å²) in [4.78, 5) is 8.96. The van der Waals surface area contributed by atoms with Gasteiger partial charge in [0.1, 0.15) is 28.8 Å². The van der Waals surface area contributed by atoms with Gasteiger partial charge in [0.2, 0.25) is 0 Å². The van der Waals surface area contributed by atoms with E-state index in [9.17, 15) is 5.26 Å². The zero-order valence-electron chi connectivity index (χ0n) is 11.1. The summed E-state index contributed by atoms with van der Waals surface area (Å²) in [5.74, 6) is 0.743. The lowest BCUT2D eigenvalue weighted by Gasteiger charge is -2.08. The Morgan fingerprint density at radius 3 is 2.90 bits per heavy atom. The van der Waals surface area contributed by atoms with Crippen LogP contribution >= 0.6 is 22.9 Å². The van der Waals surface area contributed by atoms with E-state index in [0.717, 1.165) is 20.9 Å². The van der Waals surface area contributed by atoms with E-state index in [1.165, 1.54) is 17.7 Å². The quantitative estimate of drug-likeness (QED) is 0.677. The Bertz CT molecular complexity index is 854. The predicted octanol–water partition coefficient (Wildman–Crippen LogP) is 4.28. The Kier molecular flexibility index (Phi) is 3.74. The highest BCUT2D eigenvalue weighted by molar-refractivity contribution is 7.23. The summed E-state index contributed by atoms with van der Waals surface area (Å²) in [7, 11) is 0. The van der Waals surface area contributed by atoms with E-state index in [0.29, 0.717) is 22.8 Å². The number of aromatic nitrogens is 2. The van der Waals surface area contributed by atoms with Crippen LogP contribution in [0.25, 0.3) is 20.7 Å². The molecule has 0 N–H and O–H groups in total. The van der Waals surface area contributed by atoms with Crippen LogP contribution in [-0.4, -0.2) is 16.6 Å². The number of hydrogen-bond acceptors (Lipinski definition) is 5. The van der Waals surface area contributed by atoms with Crippen LogP contribution in [0.3, 0.4) is 0 Å². The fraction of sp³-hybridized carbons (Fsp3) is 0.133. The fourth-order valence-electron chi connectivity index (χ4n) is 2.11. The number of nitriles is 1. The number of rotatable bonds is 3. The smallest absolute Gasteiger partial charge is 0.150 e. The van der Waals surface area contributed by atoms with Crippen molar-refractivity contribution in [3.63, 3.8) is 0 Å². The monoisotopic (exact) mass is 315 g/mol. The number of nitrogens with zero attached hydrogens (tertiary/aromatic N) is 3. The number of hydrogen-bond donors (Lipinski definition) is 0. The minimum atomic E-state index is 0.363. The molecule has 0 aliphatic rings. The lowest BCUT2D eigenvalue weighted by atomic mass is 10.1. The third-order valence-electron chi connectivity index (χ3n) is 2.97. The van der Waals surface area contributed by atoms with E-state index >= 15 is 0 Å². The molecule has 3 rings (SSSR count). The van der Waals surface area contributed by atoms with Crippen LogP contribution in [0.15, 0.2) is 30.6 Å². The van der Waals surface area contributed by atoms with Crippen molar-refractivity contribution in [3.05, 3.63) is 41.3 Å². The zero-order chi connectivity index (χ0) is 14.8. The minimum absolute atomic E-state index is 0.363. The molecule has 21 heavy (non-hydrogen) atoms. The van der Waals surface area contributed by atoms with E-state index in [-0.39, 0.29) is 0 Å². The number of thiophene rings is 1. The fourth-order valence-corrected chi connectivity index (χ4v) is 3.47. The maximum Gasteiger partial charge on any atom is 0.150 e. The van der Waals surface area contributed by atoms with Crippen molar-refractivity contribution in [3.8, 4) is 22.3 Å². The molecule has 2 aromatic heterocycles. The highest BCUT2D eigenvalue weighted by atomic mass is 35.5. The molecular formula is C15H10ClN3OS. The topological polar surface area (TPSA) is 58.8 Å². The van der Waals surface area contributed by atoms with Crippen LogP contribution in [0.4, 0.5) is 0 Å². The SMILES string of the molecule is CCOc1ccccc1-c1sc2c(Cl)ncnc2c1C#N. The van der Waals surface area contributed by atoms with Gasteiger partial charge in [-0.25, -0.2) is 9.97 Å². The largest absolute Gasteiger partial charge is 0.493 e. The molecule has 3 aromatic rings. The lowest BCUT2D eigenvalue weighted by Crippen LogP contribution is -1.93. The number of ether oxygens (including phenoxy) is 1. The Morgan fingerprint density at radius 1 is 1.33 bits per heavy atom. The summed E-state index contributed by atoms with van der Waals surface area (Å²) in [5, 5.41) is 9.85. The molecule has 6 heteroatoms. The van der Waals surface area contributed by atoms with Gasteiger partial charge >= 0.3 is 0 Å². The van der Waals surface area contributed by atoms with E-state index < -0.39 is 0 Å². The maximum absolute atomic E-state index is 9.49. The Morgan fingerprint density at radius 2 is 2.14 bits per heavy atom.